The molecule has 0 radical (unpaired) electrons. The molecule has 4 heteroatoms. The second-order valence-electron chi connectivity index (χ2n) is 4.95. The molecular formula is C9H15FO2S. The van der Waals surface area contributed by atoms with Crippen molar-refractivity contribution in [2.24, 2.45) is 17.3 Å². The minimum absolute atomic E-state index is 0.0437. The number of hydrogen-bond donors (Lipinski definition) is 0. The van der Waals surface area contributed by atoms with Gasteiger partial charge in [-0.2, -0.15) is 8.42 Å². The van der Waals surface area contributed by atoms with Crippen LogP contribution in [0, 0.1) is 17.3 Å². The first-order valence-corrected chi connectivity index (χ1v) is 6.21. The van der Waals surface area contributed by atoms with E-state index in [1.807, 2.05) is 0 Å². The first-order valence-electron chi connectivity index (χ1n) is 4.77. The molecule has 3 aliphatic carbocycles. The van der Waals surface area contributed by atoms with Gasteiger partial charge in [0.1, 0.15) is 0 Å². The van der Waals surface area contributed by atoms with E-state index in [9.17, 15) is 12.3 Å². The van der Waals surface area contributed by atoms with Crippen LogP contribution in [0.3, 0.4) is 0 Å². The summed E-state index contributed by atoms with van der Waals surface area (Å²) >= 11 is 0. The smallest absolute Gasteiger partial charge is 0.195 e. The molecule has 0 aromatic rings. The Bertz CT molecular complexity index is 319. The molecule has 0 saturated heterocycles. The average Bonchev–Trinajstić information content (AvgIpc) is 2.02. The summed E-state index contributed by atoms with van der Waals surface area (Å²) < 4.78 is 34.6. The van der Waals surface area contributed by atoms with Gasteiger partial charge in [-0.05, 0) is 36.5 Å². The zero-order valence-electron chi connectivity index (χ0n) is 7.96. The zero-order chi connectivity index (χ0) is 9.85. The van der Waals surface area contributed by atoms with Crippen molar-refractivity contribution in [3.63, 3.8) is 0 Å². The number of halogens is 1. The van der Waals surface area contributed by atoms with Crippen LogP contribution in [-0.4, -0.2) is 13.7 Å². The Morgan fingerprint density at radius 1 is 1.31 bits per heavy atom. The highest BCUT2D eigenvalue weighted by atomic mass is 32.3. The van der Waals surface area contributed by atoms with E-state index in [0.29, 0.717) is 12.3 Å². The van der Waals surface area contributed by atoms with Crippen molar-refractivity contribution in [2.45, 2.75) is 38.4 Å². The van der Waals surface area contributed by atoms with Crippen LogP contribution in [0.2, 0.25) is 0 Å². The van der Waals surface area contributed by atoms with Crippen LogP contribution in [0.25, 0.3) is 0 Å². The highest BCUT2D eigenvalue weighted by molar-refractivity contribution is 7.87. The van der Waals surface area contributed by atoms with Crippen LogP contribution in [0.15, 0.2) is 0 Å². The van der Waals surface area contributed by atoms with Gasteiger partial charge in [-0.25, -0.2) is 0 Å². The fraction of sp³-hybridized carbons (Fsp3) is 1.00. The van der Waals surface area contributed by atoms with E-state index < -0.39 is 15.5 Å². The van der Waals surface area contributed by atoms with Gasteiger partial charge in [0.2, 0.25) is 0 Å². The van der Waals surface area contributed by atoms with E-state index in [2.05, 4.69) is 13.8 Å². The summed E-state index contributed by atoms with van der Waals surface area (Å²) in [7, 11) is -4.31. The van der Waals surface area contributed by atoms with Crippen LogP contribution in [0.5, 0.6) is 0 Å². The lowest BCUT2D eigenvalue weighted by Gasteiger charge is -2.58. The van der Waals surface area contributed by atoms with E-state index in [0.717, 1.165) is 12.8 Å². The fourth-order valence-electron chi connectivity index (χ4n) is 3.08. The van der Waals surface area contributed by atoms with E-state index in [4.69, 9.17) is 0 Å². The molecule has 76 valence electrons. The molecule has 0 N–H and O–H groups in total. The van der Waals surface area contributed by atoms with Gasteiger partial charge < -0.3 is 0 Å². The quantitative estimate of drug-likeness (QED) is 0.616. The highest BCUT2D eigenvalue weighted by Crippen LogP contribution is 2.60. The number of hydrogen-bond acceptors (Lipinski definition) is 2. The third-order valence-electron chi connectivity index (χ3n) is 4.16. The Hall–Kier alpha value is -0.120. The van der Waals surface area contributed by atoms with Crippen LogP contribution >= 0.6 is 0 Å². The molecule has 2 bridgehead atoms. The van der Waals surface area contributed by atoms with E-state index >= 15 is 0 Å². The average molecular weight is 206 g/mol. The largest absolute Gasteiger partial charge is 0.305 e. The maximum atomic E-state index is 12.9. The lowest BCUT2D eigenvalue weighted by molar-refractivity contribution is -0.0621. The molecule has 2 nitrogen and oxygen atoms in total. The second kappa shape index (κ2) is 2.47. The van der Waals surface area contributed by atoms with Crippen molar-refractivity contribution >= 4 is 10.2 Å². The van der Waals surface area contributed by atoms with Gasteiger partial charge in [-0.1, -0.05) is 13.8 Å². The van der Waals surface area contributed by atoms with Crippen LogP contribution in [0.1, 0.15) is 33.1 Å². The van der Waals surface area contributed by atoms with Crippen molar-refractivity contribution in [1.82, 2.24) is 0 Å². The lowest BCUT2D eigenvalue weighted by atomic mass is 9.49. The molecule has 3 unspecified atom stereocenters. The predicted molar refractivity (Wildman–Crippen MR) is 48.4 cm³/mol. The third-order valence-corrected chi connectivity index (χ3v) is 5.44. The minimum Gasteiger partial charge on any atom is -0.195 e. The molecule has 3 fully saturated rings. The molecule has 3 saturated carbocycles. The summed E-state index contributed by atoms with van der Waals surface area (Å²) in [6.45, 7) is 4.12. The SMILES string of the molecule is CC1(C)C2CCC(S(=O)(=O)F)C1C2. The summed E-state index contributed by atoms with van der Waals surface area (Å²) in [4.78, 5) is 0. The molecule has 13 heavy (non-hydrogen) atoms. The first-order chi connectivity index (χ1) is 5.83. The third kappa shape index (κ3) is 1.22. The summed E-state index contributed by atoms with van der Waals surface area (Å²) in [5.41, 5.74) is 0.0437. The Kier molecular flexibility index (Phi) is 1.79. The zero-order valence-corrected chi connectivity index (χ0v) is 8.77. The maximum absolute atomic E-state index is 12.9. The molecule has 0 heterocycles. The summed E-state index contributed by atoms with van der Waals surface area (Å²) in [6.07, 6.45) is 2.30. The van der Waals surface area contributed by atoms with Gasteiger partial charge in [0.05, 0.1) is 5.25 Å². The molecule has 0 aromatic carbocycles. The Labute approximate surface area is 78.7 Å². The minimum atomic E-state index is -4.31. The summed E-state index contributed by atoms with van der Waals surface area (Å²) in [6, 6.07) is 0. The van der Waals surface area contributed by atoms with Gasteiger partial charge >= 0.3 is 10.2 Å². The summed E-state index contributed by atoms with van der Waals surface area (Å²) in [5.74, 6) is 0.678. The van der Waals surface area contributed by atoms with Crippen molar-refractivity contribution in [2.75, 3.05) is 0 Å². The van der Waals surface area contributed by atoms with Gasteiger partial charge in [-0.15, -0.1) is 3.89 Å². The van der Waals surface area contributed by atoms with Crippen molar-refractivity contribution in [3.05, 3.63) is 0 Å². The van der Waals surface area contributed by atoms with Crippen molar-refractivity contribution in [3.8, 4) is 0 Å². The summed E-state index contributed by atoms with van der Waals surface area (Å²) in [5, 5.41) is -0.715. The van der Waals surface area contributed by atoms with Crippen LogP contribution < -0.4 is 0 Å². The monoisotopic (exact) mass is 206 g/mol. The van der Waals surface area contributed by atoms with Crippen molar-refractivity contribution in [1.29, 1.82) is 0 Å². The molecule has 0 aliphatic heterocycles. The number of fused-ring (bicyclic) bond motifs is 2. The predicted octanol–water partition coefficient (Wildman–Crippen LogP) is 2.11. The Morgan fingerprint density at radius 3 is 2.23 bits per heavy atom. The molecule has 0 aromatic heterocycles. The van der Waals surface area contributed by atoms with E-state index in [-0.39, 0.29) is 11.3 Å². The van der Waals surface area contributed by atoms with Crippen molar-refractivity contribution < 1.29 is 12.3 Å². The first kappa shape index (κ1) is 9.44. The van der Waals surface area contributed by atoms with Gasteiger partial charge in [0.25, 0.3) is 0 Å². The highest BCUT2D eigenvalue weighted by Gasteiger charge is 2.57. The molecular weight excluding hydrogens is 191 g/mol. The Morgan fingerprint density at radius 2 is 1.92 bits per heavy atom. The van der Waals surface area contributed by atoms with E-state index in [1.165, 1.54) is 0 Å². The molecule has 3 rings (SSSR count). The molecule has 0 spiro atoms. The topological polar surface area (TPSA) is 34.1 Å². The van der Waals surface area contributed by atoms with E-state index in [1.54, 1.807) is 0 Å². The van der Waals surface area contributed by atoms with Gasteiger partial charge in [0.15, 0.2) is 0 Å². The second-order valence-corrected chi connectivity index (χ2v) is 6.51. The maximum Gasteiger partial charge on any atom is 0.305 e. The van der Waals surface area contributed by atoms with Crippen LogP contribution in [0.4, 0.5) is 3.89 Å². The van der Waals surface area contributed by atoms with Crippen LogP contribution in [-0.2, 0) is 10.2 Å². The Balaban J connectivity index is 2.26. The molecule has 0 amide bonds. The standard InChI is InChI=1S/C9H15FO2S/c1-9(2)6-3-4-8(7(9)5-6)13(10,11)12/h6-8H,3-5H2,1-2H3. The lowest BCUT2D eigenvalue weighted by Crippen LogP contribution is -2.56. The normalized spacial score (nSPS) is 42.5. The molecule has 3 atom stereocenters. The fourth-order valence-corrected chi connectivity index (χ4v) is 4.35. The van der Waals surface area contributed by atoms with Gasteiger partial charge in [-0.3, -0.25) is 0 Å². The molecule has 3 aliphatic rings. The number of rotatable bonds is 1. The van der Waals surface area contributed by atoms with Gasteiger partial charge in [0, 0.05) is 0 Å².